The van der Waals surface area contributed by atoms with E-state index in [1.165, 1.54) is 11.3 Å². The van der Waals surface area contributed by atoms with Crippen LogP contribution in [0.3, 0.4) is 0 Å². The molecule has 2 aromatic rings. The van der Waals surface area contributed by atoms with Crippen LogP contribution in [0.5, 0.6) is 0 Å². The second kappa shape index (κ2) is 7.12. The third kappa shape index (κ3) is 3.64. The van der Waals surface area contributed by atoms with Crippen LogP contribution in [-0.4, -0.2) is 39.5 Å². The van der Waals surface area contributed by atoms with Gasteiger partial charge in [0, 0.05) is 11.4 Å². The van der Waals surface area contributed by atoms with Crippen LogP contribution < -0.4 is 0 Å². The van der Waals surface area contributed by atoms with Crippen LogP contribution in [0.1, 0.15) is 42.5 Å². The first-order valence-electron chi connectivity index (χ1n) is 7.87. The molecule has 2 aromatic heterocycles. The number of ether oxygens (including phenoxy) is 1. The van der Waals surface area contributed by atoms with Gasteiger partial charge in [-0.25, -0.2) is 4.79 Å². The highest BCUT2D eigenvalue weighted by Gasteiger charge is 2.36. The number of hydrogen-bond donors (Lipinski definition) is 0. The highest BCUT2D eigenvalue weighted by molar-refractivity contribution is 7.10. The van der Waals surface area contributed by atoms with Crippen LogP contribution in [-0.2, 0) is 20.7 Å². The lowest BCUT2D eigenvalue weighted by atomic mass is 10.2. The van der Waals surface area contributed by atoms with Gasteiger partial charge in [0.05, 0.1) is 6.42 Å². The van der Waals surface area contributed by atoms with Crippen molar-refractivity contribution in [3.63, 3.8) is 0 Å². The molecule has 24 heavy (non-hydrogen) atoms. The molecule has 1 amide bonds. The molecule has 1 aliphatic rings. The van der Waals surface area contributed by atoms with Gasteiger partial charge in [-0.3, -0.25) is 4.79 Å². The van der Waals surface area contributed by atoms with Crippen molar-refractivity contribution < 1.29 is 18.8 Å². The molecule has 1 saturated heterocycles. The number of rotatable bonds is 5. The molecular weight excluding hydrogens is 330 g/mol. The van der Waals surface area contributed by atoms with Gasteiger partial charge in [0.1, 0.15) is 6.04 Å². The molecule has 128 valence electrons. The van der Waals surface area contributed by atoms with Crippen molar-refractivity contribution in [1.82, 2.24) is 15.0 Å². The highest BCUT2D eigenvalue weighted by Crippen LogP contribution is 2.24. The lowest BCUT2D eigenvalue weighted by molar-refractivity contribution is -0.158. The minimum Gasteiger partial charge on any atom is -0.451 e. The molecule has 0 N–H and O–H groups in total. The van der Waals surface area contributed by atoms with Crippen LogP contribution in [0.25, 0.3) is 0 Å². The Kier molecular flexibility index (Phi) is 4.94. The molecule has 2 atom stereocenters. The zero-order valence-electron chi connectivity index (χ0n) is 13.6. The molecule has 8 heteroatoms. The summed E-state index contributed by atoms with van der Waals surface area (Å²) in [6, 6.07) is 3.30. The molecule has 3 rings (SSSR count). The maximum Gasteiger partial charge on any atom is 0.329 e. The van der Waals surface area contributed by atoms with E-state index in [0.717, 1.165) is 11.3 Å². The average Bonchev–Trinajstić information content (AvgIpc) is 3.27. The SMILES string of the molecule is Cc1noc([C@H](C)OC(=O)[C@@H]2CCCN2C(=O)Cc2cccs2)n1. The number of aromatic nitrogens is 2. The van der Waals surface area contributed by atoms with Crippen LogP contribution in [0, 0.1) is 6.92 Å². The summed E-state index contributed by atoms with van der Waals surface area (Å²) in [5.74, 6) is 0.283. The quantitative estimate of drug-likeness (QED) is 0.770. The van der Waals surface area contributed by atoms with Crippen LogP contribution in [0.15, 0.2) is 22.0 Å². The van der Waals surface area contributed by atoms with E-state index in [1.807, 2.05) is 17.5 Å². The molecule has 0 radical (unpaired) electrons. The molecule has 7 nitrogen and oxygen atoms in total. The lowest BCUT2D eigenvalue weighted by Gasteiger charge is -2.24. The zero-order chi connectivity index (χ0) is 17.1. The molecular formula is C16H19N3O4S. The number of nitrogens with zero attached hydrogens (tertiary/aromatic N) is 3. The maximum absolute atomic E-state index is 12.5. The fourth-order valence-electron chi connectivity index (χ4n) is 2.76. The first-order chi connectivity index (χ1) is 11.5. The Balaban J connectivity index is 1.61. The summed E-state index contributed by atoms with van der Waals surface area (Å²) < 4.78 is 10.4. The second-order valence-corrected chi connectivity index (χ2v) is 6.79. The third-order valence-electron chi connectivity index (χ3n) is 3.93. The Labute approximate surface area is 143 Å². The first kappa shape index (κ1) is 16.6. The largest absolute Gasteiger partial charge is 0.451 e. The Hall–Kier alpha value is -2.22. The van der Waals surface area contributed by atoms with E-state index in [9.17, 15) is 9.59 Å². The predicted molar refractivity (Wildman–Crippen MR) is 86.3 cm³/mol. The molecule has 1 aliphatic heterocycles. The van der Waals surface area contributed by atoms with Gasteiger partial charge in [0.15, 0.2) is 11.9 Å². The van der Waals surface area contributed by atoms with Crippen LogP contribution in [0.2, 0.25) is 0 Å². The summed E-state index contributed by atoms with van der Waals surface area (Å²) in [6.07, 6.45) is 1.10. The summed E-state index contributed by atoms with van der Waals surface area (Å²) in [6.45, 7) is 3.96. The number of likely N-dealkylation sites (tertiary alicyclic amines) is 1. The molecule has 0 aliphatic carbocycles. The lowest BCUT2D eigenvalue weighted by Crippen LogP contribution is -2.42. The Morgan fingerprint density at radius 1 is 1.54 bits per heavy atom. The topological polar surface area (TPSA) is 85.5 Å². The molecule has 0 aromatic carbocycles. The van der Waals surface area contributed by atoms with E-state index in [4.69, 9.17) is 9.26 Å². The summed E-state index contributed by atoms with van der Waals surface area (Å²) in [7, 11) is 0. The van der Waals surface area contributed by atoms with Crippen molar-refractivity contribution in [2.24, 2.45) is 0 Å². The van der Waals surface area contributed by atoms with Crippen molar-refractivity contribution >= 4 is 23.2 Å². The van der Waals surface area contributed by atoms with Gasteiger partial charge in [-0.05, 0) is 38.1 Å². The van der Waals surface area contributed by atoms with Gasteiger partial charge < -0.3 is 14.2 Å². The summed E-state index contributed by atoms with van der Waals surface area (Å²) in [5, 5.41) is 5.62. The number of aryl methyl sites for hydroxylation is 1. The molecule has 0 bridgehead atoms. The van der Waals surface area contributed by atoms with E-state index in [-0.39, 0.29) is 11.8 Å². The van der Waals surface area contributed by atoms with E-state index in [1.54, 1.807) is 18.7 Å². The predicted octanol–water partition coefficient (Wildman–Crippen LogP) is 2.28. The third-order valence-corrected chi connectivity index (χ3v) is 4.81. The van der Waals surface area contributed by atoms with Gasteiger partial charge in [0.2, 0.25) is 5.91 Å². The number of thiophene rings is 1. The maximum atomic E-state index is 12.5. The van der Waals surface area contributed by atoms with E-state index >= 15 is 0 Å². The number of amides is 1. The van der Waals surface area contributed by atoms with Gasteiger partial charge in [0.25, 0.3) is 5.89 Å². The van der Waals surface area contributed by atoms with Crippen molar-refractivity contribution in [3.05, 3.63) is 34.1 Å². The second-order valence-electron chi connectivity index (χ2n) is 5.76. The fourth-order valence-corrected chi connectivity index (χ4v) is 3.45. The number of hydrogen-bond acceptors (Lipinski definition) is 7. The van der Waals surface area contributed by atoms with Crippen molar-refractivity contribution in [1.29, 1.82) is 0 Å². The Morgan fingerprint density at radius 2 is 2.38 bits per heavy atom. The summed E-state index contributed by atoms with van der Waals surface area (Å²) in [5.41, 5.74) is 0. The first-order valence-corrected chi connectivity index (χ1v) is 8.75. The zero-order valence-corrected chi connectivity index (χ0v) is 14.4. The van der Waals surface area contributed by atoms with Crippen molar-refractivity contribution in [2.45, 2.75) is 45.3 Å². The fraction of sp³-hybridized carbons (Fsp3) is 0.500. The molecule has 1 fully saturated rings. The van der Waals surface area contributed by atoms with Crippen LogP contribution in [0.4, 0.5) is 0 Å². The molecule has 0 saturated carbocycles. The summed E-state index contributed by atoms with van der Waals surface area (Å²) >= 11 is 1.54. The average molecular weight is 349 g/mol. The summed E-state index contributed by atoms with van der Waals surface area (Å²) in [4.78, 5) is 31.6. The minimum atomic E-state index is -0.631. The Bertz CT molecular complexity index is 713. The number of carbonyl (C=O) groups excluding carboxylic acids is 2. The standard InChI is InChI=1S/C16H19N3O4S/c1-10(15-17-11(2)18-23-15)22-16(21)13-6-3-7-19(13)14(20)9-12-5-4-8-24-12/h4-5,8,10,13H,3,6-7,9H2,1-2H3/t10-,13-/m0/s1. The Morgan fingerprint density at radius 3 is 3.04 bits per heavy atom. The van der Waals surface area contributed by atoms with Gasteiger partial charge >= 0.3 is 5.97 Å². The van der Waals surface area contributed by atoms with Crippen molar-refractivity contribution in [3.8, 4) is 0 Å². The van der Waals surface area contributed by atoms with E-state index in [2.05, 4.69) is 10.1 Å². The van der Waals surface area contributed by atoms with Gasteiger partial charge in [-0.2, -0.15) is 4.98 Å². The minimum absolute atomic E-state index is 0.0433. The number of esters is 1. The van der Waals surface area contributed by atoms with Gasteiger partial charge in [-0.15, -0.1) is 11.3 Å². The number of carbonyl (C=O) groups is 2. The van der Waals surface area contributed by atoms with Gasteiger partial charge in [-0.1, -0.05) is 11.2 Å². The monoisotopic (exact) mass is 349 g/mol. The van der Waals surface area contributed by atoms with E-state index < -0.39 is 18.1 Å². The van der Waals surface area contributed by atoms with Crippen LogP contribution >= 0.6 is 11.3 Å². The molecule has 3 heterocycles. The molecule has 0 spiro atoms. The highest BCUT2D eigenvalue weighted by atomic mass is 32.1. The van der Waals surface area contributed by atoms with E-state index in [0.29, 0.717) is 25.2 Å². The smallest absolute Gasteiger partial charge is 0.329 e. The molecule has 0 unspecified atom stereocenters. The normalized spacial score (nSPS) is 18.6. The van der Waals surface area contributed by atoms with Crippen molar-refractivity contribution in [2.75, 3.05) is 6.54 Å².